The minimum atomic E-state index is -0.159. The fraction of sp³-hybridized carbons (Fsp3) is 0.444. The molecule has 0 spiro atoms. The van der Waals surface area contributed by atoms with Gasteiger partial charge in [0.2, 0.25) is 5.91 Å². The molecule has 24 heavy (non-hydrogen) atoms. The average Bonchev–Trinajstić information content (AvgIpc) is 3.08. The number of benzene rings is 1. The number of amides is 1. The van der Waals surface area contributed by atoms with Crippen LogP contribution in [0.1, 0.15) is 17.8 Å². The molecular formula is C18H21N3O3. The Labute approximate surface area is 140 Å². The lowest BCUT2D eigenvalue weighted by molar-refractivity contribution is -0.127. The van der Waals surface area contributed by atoms with Crippen molar-refractivity contribution in [2.75, 3.05) is 13.7 Å². The number of rotatable bonds is 3. The van der Waals surface area contributed by atoms with E-state index < -0.39 is 0 Å². The Kier molecular flexibility index (Phi) is 3.88. The highest BCUT2D eigenvalue weighted by molar-refractivity contribution is 5.80. The summed E-state index contributed by atoms with van der Waals surface area (Å²) in [5.41, 5.74) is 1.03. The molecule has 0 unspecified atom stereocenters. The molecule has 0 saturated heterocycles. The third kappa shape index (κ3) is 2.72. The summed E-state index contributed by atoms with van der Waals surface area (Å²) in [7, 11) is 1.63. The fourth-order valence-electron chi connectivity index (χ4n) is 3.53. The Hall–Kier alpha value is -2.50. The molecule has 1 amide bonds. The third-order valence-corrected chi connectivity index (χ3v) is 4.83. The average molecular weight is 327 g/mol. The van der Waals surface area contributed by atoms with E-state index in [0.717, 1.165) is 42.3 Å². The van der Waals surface area contributed by atoms with Gasteiger partial charge in [0, 0.05) is 31.4 Å². The molecule has 4 rings (SSSR count). The van der Waals surface area contributed by atoms with Crippen LogP contribution in [0.25, 0.3) is 0 Å². The van der Waals surface area contributed by atoms with Gasteiger partial charge in [-0.3, -0.25) is 4.79 Å². The van der Waals surface area contributed by atoms with Gasteiger partial charge < -0.3 is 19.4 Å². The van der Waals surface area contributed by atoms with E-state index in [-0.39, 0.29) is 17.9 Å². The van der Waals surface area contributed by atoms with Gasteiger partial charge in [0.1, 0.15) is 12.4 Å². The number of hydrogen-bond acceptors (Lipinski definition) is 4. The van der Waals surface area contributed by atoms with E-state index in [1.165, 1.54) is 0 Å². The number of aryl methyl sites for hydroxylation is 1. The van der Waals surface area contributed by atoms with E-state index in [1.807, 2.05) is 30.6 Å². The van der Waals surface area contributed by atoms with Crippen molar-refractivity contribution in [3.63, 3.8) is 0 Å². The molecule has 1 aromatic heterocycles. The molecular weight excluding hydrogens is 306 g/mol. The van der Waals surface area contributed by atoms with Gasteiger partial charge in [0.25, 0.3) is 0 Å². The highest BCUT2D eigenvalue weighted by Crippen LogP contribution is 2.36. The van der Waals surface area contributed by atoms with Crippen molar-refractivity contribution in [3.8, 4) is 11.5 Å². The van der Waals surface area contributed by atoms with Crippen LogP contribution in [0, 0.1) is 5.92 Å². The number of methoxy groups -OCH3 is 1. The monoisotopic (exact) mass is 327 g/mol. The smallest absolute Gasteiger partial charge is 0.227 e. The number of imidazole rings is 1. The number of hydrogen-bond donors (Lipinski definition) is 1. The van der Waals surface area contributed by atoms with Crippen LogP contribution in [0.5, 0.6) is 11.5 Å². The summed E-state index contributed by atoms with van der Waals surface area (Å²) < 4.78 is 13.2. The zero-order valence-electron chi connectivity index (χ0n) is 13.7. The molecule has 0 radical (unpaired) electrons. The van der Waals surface area contributed by atoms with Crippen LogP contribution in [0.3, 0.4) is 0 Å². The van der Waals surface area contributed by atoms with Crippen molar-refractivity contribution in [2.45, 2.75) is 31.8 Å². The molecule has 2 atom stereocenters. The van der Waals surface area contributed by atoms with E-state index in [1.54, 1.807) is 7.11 Å². The zero-order valence-corrected chi connectivity index (χ0v) is 13.7. The minimum Gasteiger partial charge on any atom is -0.493 e. The molecule has 6 heteroatoms. The van der Waals surface area contributed by atoms with Gasteiger partial charge in [0.15, 0.2) is 11.5 Å². The number of carbonyl (C=O) groups excluding carboxylic acids is 1. The number of fused-ring (bicyclic) bond motifs is 2. The largest absolute Gasteiger partial charge is 0.493 e. The van der Waals surface area contributed by atoms with E-state index in [2.05, 4.69) is 14.9 Å². The summed E-state index contributed by atoms with van der Waals surface area (Å²) in [6.07, 6.45) is 6.31. The molecule has 0 fully saturated rings. The number of para-hydroxylation sites is 1. The second-order valence-electron chi connectivity index (χ2n) is 6.40. The standard InChI is InChI=1S/C18H21N3O3/c1-23-15-4-2-3-12-9-13(11-24-17(12)15)18(22)20-14-5-6-16-19-7-8-21(16)10-14/h2-4,7-8,13-14H,5-6,9-11H2,1H3,(H,20,22)/t13-,14-/m1/s1. The molecule has 2 aliphatic heterocycles. The number of ether oxygens (including phenoxy) is 2. The summed E-state index contributed by atoms with van der Waals surface area (Å²) in [4.78, 5) is 17.0. The highest BCUT2D eigenvalue weighted by atomic mass is 16.5. The lowest BCUT2D eigenvalue weighted by Crippen LogP contribution is -2.46. The molecule has 2 aliphatic rings. The van der Waals surface area contributed by atoms with Gasteiger partial charge in [-0.05, 0) is 24.5 Å². The SMILES string of the molecule is COc1cccc2c1OC[C@H](C(=O)N[C@@H]1CCc3nccn3C1)C2. The Morgan fingerprint density at radius 2 is 2.38 bits per heavy atom. The van der Waals surface area contributed by atoms with Crippen molar-refractivity contribution in [1.82, 2.24) is 14.9 Å². The van der Waals surface area contributed by atoms with Crippen LogP contribution in [0.15, 0.2) is 30.6 Å². The predicted molar refractivity (Wildman–Crippen MR) is 88.2 cm³/mol. The molecule has 1 N–H and O–H groups in total. The number of nitrogens with one attached hydrogen (secondary N) is 1. The van der Waals surface area contributed by atoms with Crippen LogP contribution in [0.4, 0.5) is 0 Å². The Morgan fingerprint density at radius 3 is 3.25 bits per heavy atom. The maximum Gasteiger partial charge on any atom is 0.227 e. The summed E-state index contributed by atoms with van der Waals surface area (Å²) in [5.74, 6) is 2.50. The van der Waals surface area contributed by atoms with Crippen LogP contribution in [-0.2, 0) is 24.2 Å². The Morgan fingerprint density at radius 1 is 1.46 bits per heavy atom. The molecule has 126 valence electrons. The summed E-state index contributed by atoms with van der Waals surface area (Å²) in [6, 6.07) is 5.97. The Bertz CT molecular complexity index is 756. The van der Waals surface area contributed by atoms with Crippen molar-refractivity contribution in [1.29, 1.82) is 0 Å². The number of nitrogens with zero attached hydrogens (tertiary/aromatic N) is 2. The number of carbonyl (C=O) groups is 1. The van der Waals surface area contributed by atoms with E-state index in [9.17, 15) is 4.79 Å². The van der Waals surface area contributed by atoms with E-state index in [0.29, 0.717) is 13.0 Å². The first kappa shape index (κ1) is 15.1. The van der Waals surface area contributed by atoms with Gasteiger partial charge in [-0.2, -0.15) is 0 Å². The third-order valence-electron chi connectivity index (χ3n) is 4.83. The van der Waals surface area contributed by atoms with Gasteiger partial charge >= 0.3 is 0 Å². The second-order valence-corrected chi connectivity index (χ2v) is 6.40. The quantitative estimate of drug-likeness (QED) is 0.929. The van der Waals surface area contributed by atoms with Crippen LogP contribution in [0.2, 0.25) is 0 Å². The van der Waals surface area contributed by atoms with Crippen molar-refractivity contribution < 1.29 is 14.3 Å². The lowest BCUT2D eigenvalue weighted by atomic mass is 9.95. The van der Waals surface area contributed by atoms with Crippen molar-refractivity contribution in [3.05, 3.63) is 42.0 Å². The van der Waals surface area contributed by atoms with Gasteiger partial charge in [-0.1, -0.05) is 12.1 Å². The first-order valence-electron chi connectivity index (χ1n) is 8.33. The highest BCUT2D eigenvalue weighted by Gasteiger charge is 2.30. The number of aromatic nitrogens is 2. The molecule has 2 aromatic rings. The van der Waals surface area contributed by atoms with Crippen LogP contribution < -0.4 is 14.8 Å². The summed E-state index contributed by atoms with van der Waals surface area (Å²) >= 11 is 0. The topological polar surface area (TPSA) is 65.4 Å². The van der Waals surface area contributed by atoms with Crippen LogP contribution in [-0.4, -0.2) is 35.2 Å². The van der Waals surface area contributed by atoms with Gasteiger partial charge in [-0.15, -0.1) is 0 Å². The van der Waals surface area contributed by atoms with Crippen molar-refractivity contribution in [2.24, 2.45) is 5.92 Å². The van der Waals surface area contributed by atoms with E-state index >= 15 is 0 Å². The van der Waals surface area contributed by atoms with Gasteiger partial charge in [-0.25, -0.2) is 4.98 Å². The van der Waals surface area contributed by atoms with Gasteiger partial charge in [0.05, 0.1) is 13.0 Å². The Balaban J connectivity index is 1.41. The lowest BCUT2D eigenvalue weighted by Gasteiger charge is -2.29. The molecule has 6 nitrogen and oxygen atoms in total. The first-order chi connectivity index (χ1) is 11.7. The molecule has 0 saturated carbocycles. The normalized spacial score (nSPS) is 22.0. The summed E-state index contributed by atoms with van der Waals surface area (Å²) in [6.45, 7) is 1.18. The summed E-state index contributed by atoms with van der Waals surface area (Å²) in [5, 5.41) is 3.18. The maximum absolute atomic E-state index is 12.6. The molecule has 3 heterocycles. The maximum atomic E-state index is 12.6. The molecule has 0 bridgehead atoms. The minimum absolute atomic E-state index is 0.0667. The van der Waals surface area contributed by atoms with E-state index in [4.69, 9.17) is 9.47 Å². The molecule has 0 aliphatic carbocycles. The fourth-order valence-corrected chi connectivity index (χ4v) is 3.53. The molecule has 1 aromatic carbocycles. The predicted octanol–water partition coefficient (Wildman–Crippen LogP) is 1.57. The van der Waals surface area contributed by atoms with Crippen LogP contribution >= 0.6 is 0 Å². The first-order valence-corrected chi connectivity index (χ1v) is 8.33. The van der Waals surface area contributed by atoms with Crippen molar-refractivity contribution >= 4 is 5.91 Å². The second kappa shape index (κ2) is 6.19. The zero-order chi connectivity index (χ0) is 16.5.